The molecule has 5 aromatic rings. The summed E-state index contributed by atoms with van der Waals surface area (Å²) in [5, 5.41) is 26.2. The van der Waals surface area contributed by atoms with Crippen molar-refractivity contribution in [3.63, 3.8) is 0 Å². The second-order valence-electron chi connectivity index (χ2n) is 10.8. The number of nitrogens with one attached hydrogen (secondary N) is 1. The molecule has 2 N–H and O–H groups in total. The second-order valence-corrected chi connectivity index (χ2v) is 11.2. The Hall–Kier alpha value is -6.15. The molecule has 4 aromatic carbocycles. The molecule has 0 aliphatic carbocycles. The molecular weight excluding hydrogens is 645 g/mol. The number of halogens is 2. The molecule has 2 aliphatic rings. The standard InChI is InChI=1S/C33H23ClFN7O6/c34-25-10-11-26(42-39-37-38-40-42)24(30(25)35)9-13-29(43)41-15-14-22-21(19-6-12-27-28(16-19)48-17-47-27)2-1-3-23(22)31(41)32(44)36-20-7-4-18(5-8-20)33(45)46/h1-13,16,31H,14-15,17H2,(H,36,44)(H,45,46)/b13-9+. The molecule has 1 aromatic heterocycles. The van der Waals surface area contributed by atoms with Crippen LogP contribution in [-0.4, -0.2) is 66.8 Å². The molecule has 0 saturated carbocycles. The predicted molar refractivity (Wildman–Crippen MR) is 169 cm³/mol. The van der Waals surface area contributed by atoms with Crippen LogP contribution in [-0.2, 0) is 16.0 Å². The number of anilines is 1. The fraction of sp³-hybridized carbons (Fsp3) is 0.121. The zero-order valence-corrected chi connectivity index (χ0v) is 25.5. The average molecular weight is 668 g/mol. The van der Waals surface area contributed by atoms with Crippen LogP contribution in [0.5, 0.6) is 11.5 Å². The number of carbonyl (C=O) groups excluding carboxylic acids is 2. The molecule has 2 aliphatic heterocycles. The molecule has 0 fully saturated rings. The molecule has 13 nitrogen and oxygen atoms in total. The lowest BCUT2D eigenvalue weighted by Gasteiger charge is -2.36. The van der Waals surface area contributed by atoms with Gasteiger partial charge in [0.2, 0.25) is 12.7 Å². The minimum atomic E-state index is -1.11. The summed E-state index contributed by atoms with van der Waals surface area (Å²) < 4.78 is 26.3. The number of benzene rings is 4. The van der Waals surface area contributed by atoms with Gasteiger partial charge in [0, 0.05) is 23.9 Å². The van der Waals surface area contributed by atoms with E-state index in [0.717, 1.165) is 27.6 Å². The van der Waals surface area contributed by atoms with Gasteiger partial charge in [-0.05, 0) is 104 Å². The number of fused-ring (bicyclic) bond motifs is 2. The predicted octanol–water partition coefficient (Wildman–Crippen LogP) is 4.72. The molecular formula is C33H23ClFN7O6. The Morgan fingerprint density at radius 3 is 2.52 bits per heavy atom. The third kappa shape index (κ3) is 5.69. The molecule has 0 spiro atoms. The molecule has 48 heavy (non-hydrogen) atoms. The highest BCUT2D eigenvalue weighted by atomic mass is 35.5. The summed E-state index contributed by atoms with van der Waals surface area (Å²) in [7, 11) is 0. The van der Waals surface area contributed by atoms with Gasteiger partial charge in [0.25, 0.3) is 5.91 Å². The lowest BCUT2D eigenvalue weighted by atomic mass is 9.86. The van der Waals surface area contributed by atoms with Crippen molar-refractivity contribution in [2.45, 2.75) is 12.5 Å². The first-order valence-electron chi connectivity index (χ1n) is 14.5. The third-order valence-corrected chi connectivity index (χ3v) is 8.33. The summed E-state index contributed by atoms with van der Waals surface area (Å²) in [4.78, 5) is 41.7. The van der Waals surface area contributed by atoms with Crippen LogP contribution in [0.3, 0.4) is 0 Å². The molecule has 15 heteroatoms. The molecule has 0 saturated heterocycles. The van der Waals surface area contributed by atoms with Gasteiger partial charge in [-0.1, -0.05) is 35.9 Å². The topological polar surface area (TPSA) is 162 Å². The lowest BCUT2D eigenvalue weighted by molar-refractivity contribution is -0.135. The first kappa shape index (κ1) is 30.5. The van der Waals surface area contributed by atoms with Crippen molar-refractivity contribution in [1.29, 1.82) is 0 Å². The Labute approximate surface area is 276 Å². The van der Waals surface area contributed by atoms with E-state index < -0.39 is 29.6 Å². The van der Waals surface area contributed by atoms with Crippen LogP contribution in [0, 0.1) is 5.82 Å². The zero-order chi connectivity index (χ0) is 33.4. The van der Waals surface area contributed by atoms with E-state index in [-0.39, 0.29) is 35.2 Å². The number of hydrogen-bond donors (Lipinski definition) is 2. The van der Waals surface area contributed by atoms with Crippen molar-refractivity contribution in [2.24, 2.45) is 0 Å². The number of amides is 2. The minimum Gasteiger partial charge on any atom is -0.478 e. The Morgan fingerprint density at radius 1 is 0.979 bits per heavy atom. The number of hydrogen-bond acceptors (Lipinski definition) is 9. The van der Waals surface area contributed by atoms with Crippen LogP contribution in [0.4, 0.5) is 10.1 Å². The molecule has 3 heterocycles. The lowest BCUT2D eigenvalue weighted by Crippen LogP contribution is -2.45. The van der Waals surface area contributed by atoms with Crippen LogP contribution in [0.2, 0.25) is 5.02 Å². The van der Waals surface area contributed by atoms with Gasteiger partial charge in [-0.15, -0.1) is 4.80 Å². The molecule has 0 bridgehead atoms. The highest BCUT2D eigenvalue weighted by molar-refractivity contribution is 6.31. The first-order chi connectivity index (χ1) is 23.3. The smallest absolute Gasteiger partial charge is 0.335 e. The van der Waals surface area contributed by atoms with E-state index >= 15 is 4.39 Å². The monoisotopic (exact) mass is 667 g/mol. The van der Waals surface area contributed by atoms with Crippen LogP contribution in [0.25, 0.3) is 22.9 Å². The van der Waals surface area contributed by atoms with Crippen LogP contribution in [0.1, 0.15) is 33.1 Å². The Bertz CT molecular complexity index is 2110. The third-order valence-electron chi connectivity index (χ3n) is 8.04. The van der Waals surface area contributed by atoms with E-state index in [1.54, 1.807) is 12.1 Å². The van der Waals surface area contributed by atoms with E-state index in [9.17, 15) is 19.5 Å². The number of carboxylic acids is 1. The van der Waals surface area contributed by atoms with E-state index in [0.29, 0.717) is 29.2 Å². The Kier molecular flexibility index (Phi) is 7.98. The molecule has 0 radical (unpaired) electrons. The van der Waals surface area contributed by atoms with Crippen molar-refractivity contribution < 1.29 is 33.4 Å². The number of nitrogens with zero attached hydrogens (tertiary/aromatic N) is 6. The van der Waals surface area contributed by atoms with Crippen LogP contribution >= 0.6 is 11.6 Å². The van der Waals surface area contributed by atoms with E-state index in [1.807, 2.05) is 24.3 Å². The van der Waals surface area contributed by atoms with Crippen molar-refractivity contribution >= 4 is 41.1 Å². The highest BCUT2D eigenvalue weighted by Gasteiger charge is 2.36. The SMILES string of the molecule is O=C(O)c1ccc(NC(=O)C2c3cccc(-c4ccc5c(c4)OCO5)c3CCN2C(=O)/C=C/c2c(-n3nnnn3)ccc(Cl)c2F)cc1. The van der Waals surface area contributed by atoms with Gasteiger partial charge in [0.1, 0.15) is 6.04 Å². The summed E-state index contributed by atoms with van der Waals surface area (Å²) in [5.74, 6) is -1.79. The summed E-state index contributed by atoms with van der Waals surface area (Å²) in [5.41, 5.74) is 3.60. The zero-order valence-electron chi connectivity index (χ0n) is 24.7. The number of rotatable bonds is 7. The molecule has 240 valence electrons. The van der Waals surface area contributed by atoms with Crippen molar-refractivity contribution in [3.05, 3.63) is 112 Å². The molecule has 7 rings (SSSR count). The van der Waals surface area contributed by atoms with E-state index in [2.05, 4.69) is 26.2 Å². The fourth-order valence-corrected chi connectivity index (χ4v) is 5.96. The van der Waals surface area contributed by atoms with Crippen molar-refractivity contribution in [1.82, 2.24) is 30.5 Å². The Balaban J connectivity index is 1.26. The van der Waals surface area contributed by atoms with Gasteiger partial charge in [0.05, 0.1) is 16.3 Å². The van der Waals surface area contributed by atoms with Gasteiger partial charge >= 0.3 is 5.97 Å². The maximum absolute atomic E-state index is 15.2. The summed E-state index contributed by atoms with van der Waals surface area (Å²) in [6, 6.07) is 18.5. The number of aromatic nitrogens is 5. The highest BCUT2D eigenvalue weighted by Crippen LogP contribution is 2.41. The molecule has 1 unspecified atom stereocenters. The van der Waals surface area contributed by atoms with Crippen molar-refractivity contribution in [3.8, 4) is 28.3 Å². The number of aromatic carboxylic acids is 1. The minimum absolute atomic E-state index is 0.0517. The Morgan fingerprint density at radius 2 is 1.75 bits per heavy atom. The van der Waals surface area contributed by atoms with E-state index in [4.69, 9.17) is 21.1 Å². The molecule has 1 atom stereocenters. The average Bonchev–Trinajstić information content (AvgIpc) is 3.81. The number of ether oxygens (including phenoxy) is 2. The molecule has 2 amide bonds. The maximum Gasteiger partial charge on any atom is 0.335 e. The van der Waals surface area contributed by atoms with Gasteiger partial charge in [0.15, 0.2) is 17.3 Å². The summed E-state index contributed by atoms with van der Waals surface area (Å²) >= 11 is 6.05. The number of carboxylic acid groups (broad SMARTS) is 1. The van der Waals surface area contributed by atoms with E-state index in [1.165, 1.54) is 47.4 Å². The van der Waals surface area contributed by atoms with Crippen LogP contribution in [0.15, 0.2) is 78.9 Å². The largest absolute Gasteiger partial charge is 0.478 e. The number of carbonyl (C=O) groups is 3. The second kappa shape index (κ2) is 12.6. The van der Waals surface area contributed by atoms with Gasteiger partial charge in [-0.3, -0.25) is 9.59 Å². The quantitative estimate of drug-likeness (QED) is 0.232. The summed E-state index contributed by atoms with van der Waals surface area (Å²) in [6.45, 7) is 0.270. The van der Waals surface area contributed by atoms with Crippen LogP contribution < -0.4 is 14.8 Å². The van der Waals surface area contributed by atoms with Crippen molar-refractivity contribution in [2.75, 3.05) is 18.7 Å². The summed E-state index contributed by atoms with van der Waals surface area (Å²) in [6.07, 6.45) is 2.79. The van der Waals surface area contributed by atoms with Gasteiger partial charge in [-0.2, -0.15) is 0 Å². The van der Waals surface area contributed by atoms with Gasteiger partial charge in [-0.25, -0.2) is 9.18 Å². The van der Waals surface area contributed by atoms with Gasteiger partial charge < -0.3 is 24.8 Å². The first-order valence-corrected chi connectivity index (χ1v) is 14.9. The maximum atomic E-state index is 15.2. The normalized spacial score (nSPS) is 15.0. The fourth-order valence-electron chi connectivity index (χ4n) is 5.80.